The molecule has 1 heterocycles. The Kier molecular flexibility index (Phi) is 3.22. The number of anilines is 1. The van der Waals surface area contributed by atoms with Crippen molar-refractivity contribution in [3.63, 3.8) is 0 Å². The minimum Gasteiger partial charge on any atom is -0.379 e. The predicted octanol–water partition coefficient (Wildman–Crippen LogP) is 3.26. The highest BCUT2D eigenvalue weighted by Gasteiger charge is 2.26. The minimum atomic E-state index is 0.617. The summed E-state index contributed by atoms with van der Waals surface area (Å²) in [5.74, 6) is 1.65. The van der Waals surface area contributed by atoms with E-state index >= 15 is 0 Å². The van der Waals surface area contributed by atoms with Gasteiger partial charge >= 0.3 is 0 Å². The van der Waals surface area contributed by atoms with Crippen LogP contribution in [0.15, 0.2) is 0 Å². The molecular formula is C13H23N3. The Morgan fingerprint density at radius 3 is 2.56 bits per heavy atom. The predicted molar refractivity (Wildman–Crippen MR) is 67.7 cm³/mol. The molecular weight excluding hydrogens is 198 g/mol. The van der Waals surface area contributed by atoms with Gasteiger partial charge in [-0.2, -0.15) is 5.10 Å². The average Bonchev–Trinajstić information content (AvgIpc) is 2.53. The van der Waals surface area contributed by atoms with Crippen molar-refractivity contribution in [1.82, 2.24) is 10.2 Å². The Morgan fingerprint density at radius 2 is 2.00 bits per heavy atom. The van der Waals surface area contributed by atoms with Crippen LogP contribution in [0.25, 0.3) is 0 Å². The van der Waals surface area contributed by atoms with Crippen LogP contribution in [-0.4, -0.2) is 16.2 Å². The van der Waals surface area contributed by atoms with Crippen molar-refractivity contribution in [2.45, 2.75) is 53.0 Å². The smallest absolute Gasteiger partial charge is 0.0825 e. The summed E-state index contributed by atoms with van der Waals surface area (Å²) < 4.78 is 0. The van der Waals surface area contributed by atoms with Crippen molar-refractivity contribution in [3.8, 4) is 0 Å². The zero-order chi connectivity index (χ0) is 11.7. The van der Waals surface area contributed by atoms with E-state index in [9.17, 15) is 0 Å². The van der Waals surface area contributed by atoms with Gasteiger partial charge in [-0.25, -0.2) is 0 Å². The lowest BCUT2D eigenvalue weighted by Crippen LogP contribution is -2.33. The molecule has 3 unspecified atom stereocenters. The monoisotopic (exact) mass is 221 g/mol. The SMILES string of the molecule is Cc1n[nH]c(C)c1NC1CCC(C)CC1C. The topological polar surface area (TPSA) is 40.7 Å². The molecule has 3 nitrogen and oxygen atoms in total. The Balaban J connectivity index is 2.05. The summed E-state index contributed by atoms with van der Waals surface area (Å²) >= 11 is 0. The van der Waals surface area contributed by atoms with Crippen LogP contribution in [0, 0.1) is 25.7 Å². The number of aromatic nitrogens is 2. The molecule has 0 saturated heterocycles. The molecule has 0 radical (unpaired) electrons. The lowest BCUT2D eigenvalue weighted by Gasteiger charge is -2.33. The average molecular weight is 221 g/mol. The second kappa shape index (κ2) is 4.48. The van der Waals surface area contributed by atoms with Gasteiger partial charge in [0.25, 0.3) is 0 Å². The van der Waals surface area contributed by atoms with Crippen LogP contribution in [0.4, 0.5) is 5.69 Å². The number of nitrogens with one attached hydrogen (secondary N) is 2. The van der Waals surface area contributed by atoms with Crippen LogP contribution < -0.4 is 5.32 Å². The molecule has 0 aliphatic heterocycles. The fraction of sp³-hybridized carbons (Fsp3) is 0.769. The van der Waals surface area contributed by atoms with Crippen molar-refractivity contribution in [1.29, 1.82) is 0 Å². The third kappa shape index (κ3) is 2.23. The molecule has 16 heavy (non-hydrogen) atoms. The molecule has 2 N–H and O–H groups in total. The first kappa shape index (κ1) is 11.5. The van der Waals surface area contributed by atoms with E-state index in [1.807, 2.05) is 0 Å². The fourth-order valence-electron chi connectivity index (χ4n) is 2.83. The minimum absolute atomic E-state index is 0.617. The normalized spacial score (nSPS) is 30.4. The van der Waals surface area contributed by atoms with Gasteiger partial charge in [-0.1, -0.05) is 13.8 Å². The van der Waals surface area contributed by atoms with E-state index in [0.29, 0.717) is 6.04 Å². The Bertz CT molecular complexity index is 337. The number of hydrogen-bond donors (Lipinski definition) is 2. The number of hydrogen-bond acceptors (Lipinski definition) is 2. The standard InChI is InChI=1S/C13H23N3/c1-8-5-6-12(9(2)7-8)14-13-10(3)15-16-11(13)4/h8-9,12,14H,5-7H2,1-4H3,(H,15,16). The zero-order valence-corrected chi connectivity index (χ0v) is 10.8. The van der Waals surface area contributed by atoms with Crippen molar-refractivity contribution in [2.75, 3.05) is 5.32 Å². The van der Waals surface area contributed by atoms with Crippen LogP contribution >= 0.6 is 0 Å². The van der Waals surface area contributed by atoms with Gasteiger partial charge in [0.1, 0.15) is 0 Å². The van der Waals surface area contributed by atoms with Crippen LogP contribution in [0.1, 0.15) is 44.5 Å². The third-order valence-electron chi connectivity index (χ3n) is 3.89. The number of aryl methyl sites for hydroxylation is 2. The second-order valence-electron chi connectivity index (χ2n) is 5.46. The van der Waals surface area contributed by atoms with E-state index in [1.165, 1.54) is 24.9 Å². The van der Waals surface area contributed by atoms with E-state index in [-0.39, 0.29) is 0 Å². The number of rotatable bonds is 2. The third-order valence-corrected chi connectivity index (χ3v) is 3.89. The van der Waals surface area contributed by atoms with Crippen LogP contribution in [0.5, 0.6) is 0 Å². The molecule has 1 fully saturated rings. The van der Waals surface area contributed by atoms with Crippen molar-refractivity contribution < 1.29 is 0 Å². The van der Waals surface area contributed by atoms with E-state index in [4.69, 9.17) is 0 Å². The molecule has 1 saturated carbocycles. The summed E-state index contributed by atoms with van der Waals surface area (Å²) in [5.41, 5.74) is 3.46. The van der Waals surface area contributed by atoms with Crippen LogP contribution in [0.2, 0.25) is 0 Å². The lowest BCUT2D eigenvalue weighted by atomic mass is 9.80. The van der Waals surface area contributed by atoms with E-state index < -0.39 is 0 Å². The summed E-state index contributed by atoms with van der Waals surface area (Å²) in [6, 6.07) is 0.617. The molecule has 1 aliphatic carbocycles. The molecule has 3 atom stereocenters. The van der Waals surface area contributed by atoms with Gasteiger partial charge in [0.05, 0.1) is 17.1 Å². The number of aromatic amines is 1. The highest BCUT2D eigenvalue weighted by atomic mass is 15.2. The maximum atomic E-state index is 4.23. The second-order valence-corrected chi connectivity index (χ2v) is 5.46. The molecule has 1 aromatic heterocycles. The van der Waals surface area contributed by atoms with E-state index in [0.717, 1.165) is 23.2 Å². The summed E-state index contributed by atoms with van der Waals surface area (Å²) in [6.45, 7) is 8.86. The van der Waals surface area contributed by atoms with Gasteiger partial charge in [0.15, 0.2) is 0 Å². The van der Waals surface area contributed by atoms with Gasteiger partial charge in [0.2, 0.25) is 0 Å². The Morgan fingerprint density at radius 1 is 1.25 bits per heavy atom. The van der Waals surface area contributed by atoms with Gasteiger partial charge in [0, 0.05) is 6.04 Å². The molecule has 1 aromatic rings. The Labute approximate surface area is 98.0 Å². The molecule has 0 bridgehead atoms. The van der Waals surface area contributed by atoms with Crippen LogP contribution in [-0.2, 0) is 0 Å². The summed E-state index contributed by atoms with van der Waals surface area (Å²) in [7, 11) is 0. The fourth-order valence-corrected chi connectivity index (χ4v) is 2.83. The molecule has 2 rings (SSSR count). The zero-order valence-electron chi connectivity index (χ0n) is 10.8. The lowest BCUT2D eigenvalue weighted by molar-refractivity contribution is 0.276. The Hall–Kier alpha value is -0.990. The summed E-state index contributed by atoms with van der Waals surface area (Å²) in [6.07, 6.45) is 3.97. The molecule has 1 aliphatic rings. The maximum Gasteiger partial charge on any atom is 0.0825 e. The van der Waals surface area contributed by atoms with Gasteiger partial charge in [-0.3, -0.25) is 5.10 Å². The van der Waals surface area contributed by atoms with Crippen LogP contribution in [0.3, 0.4) is 0 Å². The molecule has 90 valence electrons. The van der Waals surface area contributed by atoms with Crippen molar-refractivity contribution in [3.05, 3.63) is 11.4 Å². The van der Waals surface area contributed by atoms with Gasteiger partial charge in [-0.15, -0.1) is 0 Å². The highest BCUT2D eigenvalue weighted by molar-refractivity contribution is 5.52. The molecule has 0 spiro atoms. The van der Waals surface area contributed by atoms with Gasteiger partial charge in [-0.05, 0) is 44.9 Å². The molecule has 3 heteroatoms. The highest BCUT2D eigenvalue weighted by Crippen LogP contribution is 2.31. The van der Waals surface area contributed by atoms with Gasteiger partial charge < -0.3 is 5.32 Å². The molecule has 0 amide bonds. The quantitative estimate of drug-likeness (QED) is 0.804. The van der Waals surface area contributed by atoms with Crippen molar-refractivity contribution >= 4 is 5.69 Å². The number of H-pyrrole nitrogens is 1. The largest absolute Gasteiger partial charge is 0.379 e. The summed E-state index contributed by atoms with van der Waals surface area (Å²) in [5, 5.41) is 10.9. The van der Waals surface area contributed by atoms with Crippen molar-refractivity contribution in [2.24, 2.45) is 11.8 Å². The van der Waals surface area contributed by atoms with E-state index in [2.05, 4.69) is 43.2 Å². The first-order chi connectivity index (χ1) is 7.58. The maximum absolute atomic E-state index is 4.23. The number of nitrogens with zero attached hydrogens (tertiary/aromatic N) is 1. The summed E-state index contributed by atoms with van der Waals surface area (Å²) in [4.78, 5) is 0. The first-order valence-electron chi connectivity index (χ1n) is 6.36. The molecule has 0 aromatic carbocycles. The first-order valence-corrected chi connectivity index (χ1v) is 6.36. The van der Waals surface area contributed by atoms with E-state index in [1.54, 1.807) is 0 Å².